The largest absolute Gasteiger partial charge is 0.442 e. The SMILES string of the molecule is O=P(O)(Oc1ccc(CCCCSc2nnc(-c3ccncc3)o2)cc1Br)C(F)F. The highest BCUT2D eigenvalue weighted by atomic mass is 79.9. The van der Waals surface area contributed by atoms with Crippen LogP contribution in [0.1, 0.15) is 18.4 Å². The minimum Gasteiger partial charge on any atom is -0.420 e. The Morgan fingerprint density at radius 1 is 1.20 bits per heavy atom. The van der Waals surface area contributed by atoms with Gasteiger partial charge in [-0.25, -0.2) is 4.57 Å². The number of aryl methyl sites for hydroxylation is 1. The smallest absolute Gasteiger partial charge is 0.420 e. The van der Waals surface area contributed by atoms with E-state index in [0.717, 1.165) is 36.1 Å². The number of pyridine rings is 1. The van der Waals surface area contributed by atoms with E-state index < -0.39 is 13.8 Å². The Labute approximate surface area is 183 Å². The van der Waals surface area contributed by atoms with Crippen LogP contribution in [0.25, 0.3) is 11.5 Å². The molecule has 0 aliphatic heterocycles. The van der Waals surface area contributed by atoms with Crippen molar-refractivity contribution in [3.63, 3.8) is 0 Å². The van der Waals surface area contributed by atoms with Gasteiger partial charge in [0.1, 0.15) is 5.75 Å². The molecule has 1 aromatic carbocycles. The summed E-state index contributed by atoms with van der Waals surface area (Å²) in [6.07, 6.45) is 2.37. The topological polar surface area (TPSA) is 98.3 Å². The van der Waals surface area contributed by atoms with Crippen molar-refractivity contribution in [3.05, 3.63) is 52.8 Å². The molecule has 1 unspecified atom stereocenters. The zero-order valence-electron chi connectivity index (χ0n) is 15.5. The van der Waals surface area contributed by atoms with Gasteiger partial charge in [0.25, 0.3) is 5.22 Å². The lowest BCUT2D eigenvalue weighted by Gasteiger charge is -2.14. The molecule has 0 fully saturated rings. The zero-order valence-corrected chi connectivity index (χ0v) is 18.7. The van der Waals surface area contributed by atoms with Gasteiger partial charge >= 0.3 is 13.8 Å². The molecule has 0 radical (unpaired) electrons. The zero-order chi connectivity index (χ0) is 21.6. The Morgan fingerprint density at radius 2 is 1.97 bits per heavy atom. The van der Waals surface area contributed by atoms with Crippen molar-refractivity contribution < 1.29 is 27.2 Å². The summed E-state index contributed by atoms with van der Waals surface area (Å²) >= 11 is 4.66. The summed E-state index contributed by atoms with van der Waals surface area (Å²) in [5, 5.41) is 8.54. The molecule has 0 bridgehead atoms. The molecule has 12 heteroatoms. The summed E-state index contributed by atoms with van der Waals surface area (Å²) in [5.41, 5.74) is 1.76. The lowest BCUT2D eigenvalue weighted by Crippen LogP contribution is -2.01. The maximum absolute atomic E-state index is 12.5. The van der Waals surface area contributed by atoms with Crippen molar-refractivity contribution in [1.82, 2.24) is 15.2 Å². The number of hydrogen-bond donors (Lipinski definition) is 1. The highest BCUT2D eigenvalue weighted by Crippen LogP contribution is 2.50. The normalized spacial score (nSPS) is 13.4. The molecule has 0 aliphatic rings. The maximum atomic E-state index is 12.5. The predicted octanol–water partition coefficient (Wildman–Crippen LogP) is 5.80. The summed E-state index contributed by atoms with van der Waals surface area (Å²) in [7, 11) is -5.00. The van der Waals surface area contributed by atoms with Crippen LogP contribution < -0.4 is 4.52 Å². The third-order valence-corrected chi connectivity index (χ3v) is 6.37. The number of halogens is 3. The molecule has 2 heterocycles. The number of hydrogen-bond acceptors (Lipinski definition) is 7. The van der Waals surface area contributed by atoms with Gasteiger partial charge in [-0.1, -0.05) is 17.8 Å². The van der Waals surface area contributed by atoms with E-state index in [0.29, 0.717) is 15.6 Å². The van der Waals surface area contributed by atoms with Gasteiger partial charge < -0.3 is 13.8 Å². The number of aromatic nitrogens is 3. The third kappa shape index (κ3) is 6.34. The predicted molar refractivity (Wildman–Crippen MR) is 112 cm³/mol. The maximum Gasteiger partial charge on any atom is 0.442 e. The summed E-state index contributed by atoms with van der Waals surface area (Å²) in [5.74, 6) is 1.15. The van der Waals surface area contributed by atoms with Crippen LogP contribution >= 0.6 is 35.3 Å². The number of unbranched alkanes of at least 4 members (excludes halogenated alkanes) is 1. The molecule has 2 aromatic heterocycles. The lowest BCUT2D eigenvalue weighted by molar-refractivity contribution is 0.188. The fourth-order valence-corrected chi connectivity index (χ4v) is 4.34. The van der Waals surface area contributed by atoms with E-state index in [-0.39, 0.29) is 5.75 Å². The minimum atomic E-state index is -5.00. The van der Waals surface area contributed by atoms with Crippen LogP contribution in [0.15, 0.2) is 56.8 Å². The van der Waals surface area contributed by atoms with Gasteiger partial charge in [-0.05, 0) is 65.0 Å². The molecule has 0 amide bonds. The van der Waals surface area contributed by atoms with Crippen LogP contribution in [0.2, 0.25) is 0 Å². The van der Waals surface area contributed by atoms with E-state index in [9.17, 15) is 13.3 Å². The Bertz CT molecular complexity index is 1030. The molecule has 1 atom stereocenters. The molecule has 160 valence electrons. The lowest BCUT2D eigenvalue weighted by atomic mass is 10.1. The van der Waals surface area contributed by atoms with Crippen LogP contribution in [-0.4, -0.2) is 32.0 Å². The first-order valence-electron chi connectivity index (χ1n) is 8.80. The third-order valence-electron chi connectivity index (χ3n) is 3.89. The first-order valence-corrected chi connectivity index (χ1v) is 12.2. The number of nitrogens with zero attached hydrogens (tertiary/aromatic N) is 3. The molecule has 0 aliphatic carbocycles. The molecule has 0 spiro atoms. The standard InChI is InChI=1S/C18H17BrF2N3O4PS/c19-14-11-12(4-5-15(14)28-29(25,26)17(20)21)3-1-2-10-30-18-24-23-16(27-18)13-6-8-22-9-7-13/h4-9,11,17H,1-3,10H2,(H,25,26). The van der Waals surface area contributed by atoms with Gasteiger partial charge in [0.15, 0.2) is 0 Å². The number of thioether (sulfide) groups is 1. The van der Waals surface area contributed by atoms with Crippen LogP contribution in [0.3, 0.4) is 0 Å². The molecule has 0 saturated heterocycles. The fourth-order valence-electron chi connectivity index (χ4n) is 2.42. The monoisotopic (exact) mass is 519 g/mol. The van der Waals surface area contributed by atoms with E-state index in [2.05, 4.69) is 35.6 Å². The molecular formula is C18H17BrF2N3O4PS. The molecule has 0 saturated carbocycles. The highest BCUT2D eigenvalue weighted by molar-refractivity contribution is 9.10. The van der Waals surface area contributed by atoms with Gasteiger partial charge in [-0.2, -0.15) is 8.78 Å². The Morgan fingerprint density at radius 3 is 2.67 bits per heavy atom. The summed E-state index contributed by atoms with van der Waals surface area (Å²) < 4.78 is 46.8. The molecule has 3 rings (SSSR count). The van der Waals surface area contributed by atoms with Gasteiger partial charge in [-0.15, -0.1) is 10.2 Å². The van der Waals surface area contributed by atoms with Crippen molar-refractivity contribution in [2.75, 3.05) is 5.75 Å². The van der Waals surface area contributed by atoms with E-state index in [1.54, 1.807) is 36.7 Å². The van der Waals surface area contributed by atoms with Crippen molar-refractivity contribution in [3.8, 4) is 17.2 Å². The average molecular weight is 520 g/mol. The van der Waals surface area contributed by atoms with Crippen molar-refractivity contribution in [2.45, 2.75) is 30.7 Å². The molecular weight excluding hydrogens is 503 g/mol. The minimum absolute atomic E-state index is 0.0955. The number of alkyl halides is 2. The first-order chi connectivity index (χ1) is 14.3. The second-order valence-corrected chi connectivity index (χ2v) is 9.71. The van der Waals surface area contributed by atoms with Gasteiger partial charge in [-0.3, -0.25) is 4.98 Å². The number of benzene rings is 1. The Hall–Kier alpha value is -1.81. The van der Waals surface area contributed by atoms with Crippen LogP contribution in [0.4, 0.5) is 8.78 Å². The Kier molecular flexibility index (Phi) is 7.99. The number of rotatable bonds is 10. The molecule has 3 aromatic rings. The van der Waals surface area contributed by atoms with E-state index in [1.165, 1.54) is 17.8 Å². The van der Waals surface area contributed by atoms with E-state index >= 15 is 0 Å². The summed E-state index contributed by atoms with van der Waals surface area (Å²) in [6.45, 7) is 0. The molecule has 7 nitrogen and oxygen atoms in total. The van der Waals surface area contributed by atoms with E-state index in [4.69, 9.17) is 9.31 Å². The fraction of sp³-hybridized carbons (Fsp3) is 0.278. The van der Waals surface area contributed by atoms with Crippen LogP contribution in [0, 0.1) is 0 Å². The van der Waals surface area contributed by atoms with Crippen LogP contribution in [0.5, 0.6) is 5.75 Å². The molecule has 1 N–H and O–H groups in total. The quantitative estimate of drug-likeness (QED) is 0.204. The first kappa shape index (κ1) is 22.9. The summed E-state index contributed by atoms with van der Waals surface area (Å²) in [4.78, 5) is 13.1. The van der Waals surface area contributed by atoms with Gasteiger partial charge in [0.2, 0.25) is 5.89 Å². The average Bonchev–Trinajstić information content (AvgIpc) is 3.19. The second-order valence-electron chi connectivity index (χ2n) is 6.11. The van der Waals surface area contributed by atoms with Crippen LogP contribution in [-0.2, 0) is 11.0 Å². The van der Waals surface area contributed by atoms with Crippen molar-refractivity contribution >= 4 is 35.3 Å². The molecule has 30 heavy (non-hydrogen) atoms. The van der Waals surface area contributed by atoms with Gasteiger partial charge in [0, 0.05) is 23.7 Å². The van der Waals surface area contributed by atoms with Gasteiger partial charge in [0.05, 0.1) is 4.47 Å². The summed E-state index contributed by atoms with van der Waals surface area (Å²) in [6, 6.07) is 8.36. The Balaban J connectivity index is 1.43. The van der Waals surface area contributed by atoms with Crippen molar-refractivity contribution in [2.24, 2.45) is 0 Å². The van der Waals surface area contributed by atoms with Crippen molar-refractivity contribution in [1.29, 1.82) is 0 Å². The highest BCUT2D eigenvalue weighted by Gasteiger charge is 2.34. The van der Waals surface area contributed by atoms with E-state index in [1.807, 2.05) is 0 Å². The second kappa shape index (κ2) is 10.5.